The summed E-state index contributed by atoms with van der Waals surface area (Å²) in [6.45, 7) is 2.07. The SMILES string of the molecule is C[C@H](c1cccc2c1CCC2)[C@H](CNS(=O)(=O)c1cccc2ccccc12)c1n[nH]c(=O)o1. The molecule has 1 aliphatic rings. The van der Waals surface area contributed by atoms with Crippen molar-refractivity contribution in [3.05, 3.63) is 93.8 Å². The number of nitrogens with zero attached hydrogens (tertiary/aromatic N) is 1. The average molecular weight is 464 g/mol. The van der Waals surface area contributed by atoms with E-state index in [-0.39, 0.29) is 23.2 Å². The van der Waals surface area contributed by atoms with E-state index in [1.807, 2.05) is 37.3 Å². The molecule has 0 aliphatic heterocycles. The second kappa shape index (κ2) is 8.61. The number of aryl methyl sites for hydroxylation is 1. The summed E-state index contributed by atoms with van der Waals surface area (Å²) in [5, 5.41) is 7.86. The second-order valence-corrected chi connectivity index (χ2v) is 10.2. The lowest BCUT2D eigenvalue weighted by molar-refractivity contribution is 0.393. The number of fused-ring (bicyclic) bond motifs is 2. The third-order valence-electron chi connectivity index (χ3n) is 6.58. The van der Waals surface area contributed by atoms with E-state index in [1.165, 1.54) is 11.1 Å². The van der Waals surface area contributed by atoms with Crippen molar-refractivity contribution in [3.8, 4) is 0 Å². The quantitative estimate of drug-likeness (QED) is 0.433. The summed E-state index contributed by atoms with van der Waals surface area (Å²) in [6, 6.07) is 18.8. The summed E-state index contributed by atoms with van der Waals surface area (Å²) in [5.74, 6) is -1.03. The van der Waals surface area contributed by atoms with Crippen LogP contribution in [0.3, 0.4) is 0 Å². The van der Waals surface area contributed by atoms with Crippen LogP contribution < -0.4 is 10.5 Å². The van der Waals surface area contributed by atoms with Gasteiger partial charge in [0, 0.05) is 11.9 Å². The van der Waals surface area contributed by atoms with Gasteiger partial charge in [-0.3, -0.25) is 0 Å². The summed E-state index contributed by atoms with van der Waals surface area (Å²) in [6.07, 6.45) is 3.15. The van der Waals surface area contributed by atoms with Gasteiger partial charge in [-0.05, 0) is 53.3 Å². The highest BCUT2D eigenvalue weighted by Gasteiger charge is 2.30. The standard InChI is InChI=1S/C25H25N3O4S/c1-16(19-12-4-8-17-9-5-13-20(17)19)22(24-27-28-25(29)32-24)15-26-33(30,31)23-14-6-10-18-7-2-3-11-21(18)23/h2-4,6-8,10-12,14,16,22,26H,5,9,13,15H2,1H3,(H,28,29)/t16-,22+/m1/s1. The fourth-order valence-electron chi connectivity index (χ4n) is 4.88. The van der Waals surface area contributed by atoms with Crippen LogP contribution in [0.15, 0.2) is 74.8 Å². The van der Waals surface area contributed by atoms with E-state index in [0.717, 1.165) is 30.2 Å². The topological polar surface area (TPSA) is 105 Å². The second-order valence-electron chi connectivity index (χ2n) is 8.51. The van der Waals surface area contributed by atoms with Crippen molar-refractivity contribution in [2.75, 3.05) is 6.54 Å². The molecular weight excluding hydrogens is 438 g/mol. The molecule has 4 aromatic rings. The Bertz CT molecular complexity index is 1470. The van der Waals surface area contributed by atoms with Gasteiger partial charge in [0.1, 0.15) is 0 Å². The maximum Gasteiger partial charge on any atom is 0.434 e. The molecule has 0 radical (unpaired) electrons. The van der Waals surface area contributed by atoms with Crippen LogP contribution in [0.4, 0.5) is 0 Å². The molecule has 1 aromatic heterocycles. The Labute approximate surface area is 191 Å². The summed E-state index contributed by atoms with van der Waals surface area (Å²) >= 11 is 0. The normalized spacial score (nSPS) is 15.4. The minimum Gasteiger partial charge on any atom is -0.392 e. The van der Waals surface area contributed by atoms with Crippen LogP contribution in [0.2, 0.25) is 0 Å². The highest BCUT2D eigenvalue weighted by Crippen LogP contribution is 2.37. The van der Waals surface area contributed by atoms with Gasteiger partial charge < -0.3 is 4.42 Å². The van der Waals surface area contributed by atoms with Crippen molar-refractivity contribution in [2.45, 2.75) is 42.9 Å². The van der Waals surface area contributed by atoms with Crippen LogP contribution in [-0.2, 0) is 22.9 Å². The highest BCUT2D eigenvalue weighted by molar-refractivity contribution is 7.89. The lowest BCUT2D eigenvalue weighted by atomic mass is 9.84. The molecule has 7 nitrogen and oxygen atoms in total. The van der Waals surface area contributed by atoms with Gasteiger partial charge in [0.05, 0.1) is 10.8 Å². The summed E-state index contributed by atoms with van der Waals surface area (Å²) < 4.78 is 34.6. The van der Waals surface area contributed by atoms with Gasteiger partial charge in [0.15, 0.2) is 0 Å². The van der Waals surface area contributed by atoms with Gasteiger partial charge in [-0.1, -0.05) is 61.5 Å². The predicted octanol–water partition coefficient (Wildman–Crippen LogP) is 3.87. The highest BCUT2D eigenvalue weighted by atomic mass is 32.2. The molecule has 3 aromatic carbocycles. The van der Waals surface area contributed by atoms with E-state index in [0.29, 0.717) is 5.39 Å². The van der Waals surface area contributed by atoms with E-state index in [9.17, 15) is 13.2 Å². The third kappa shape index (κ3) is 4.12. The van der Waals surface area contributed by atoms with Gasteiger partial charge in [0.25, 0.3) is 0 Å². The molecule has 1 heterocycles. The number of nitrogens with one attached hydrogen (secondary N) is 2. The van der Waals surface area contributed by atoms with E-state index < -0.39 is 21.7 Å². The molecule has 170 valence electrons. The van der Waals surface area contributed by atoms with Gasteiger partial charge >= 0.3 is 5.76 Å². The average Bonchev–Trinajstić information content (AvgIpc) is 3.47. The Morgan fingerprint density at radius 3 is 2.67 bits per heavy atom. The molecule has 2 N–H and O–H groups in total. The Morgan fingerprint density at radius 2 is 1.85 bits per heavy atom. The van der Waals surface area contributed by atoms with Gasteiger partial charge in [-0.25, -0.2) is 23.0 Å². The first-order valence-corrected chi connectivity index (χ1v) is 12.6. The first-order valence-electron chi connectivity index (χ1n) is 11.1. The maximum absolute atomic E-state index is 13.3. The molecule has 0 spiro atoms. The number of sulfonamides is 1. The minimum absolute atomic E-state index is 0.0458. The summed E-state index contributed by atoms with van der Waals surface area (Å²) in [5.41, 5.74) is 3.78. The van der Waals surface area contributed by atoms with Crippen molar-refractivity contribution < 1.29 is 12.8 Å². The summed E-state index contributed by atoms with van der Waals surface area (Å²) in [4.78, 5) is 11.9. The molecule has 8 heteroatoms. The molecule has 0 saturated heterocycles. The number of rotatable bonds is 7. The van der Waals surface area contributed by atoms with Crippen LogP contribution >= 0.6 is 0 Å². The Morgan fingerprint density at radius 1 is 1.06 bits per heavy atom. The number of aromatic nitrogens is 2. The van der Waals surface area contributed by atoms with E-state index in [4.69, 9.17) is 4.42 Å². The number of benzene rings is 3. The molecule has 1 aliphatic carbocycles. The Kier molecular flexibility index (Phi) is 5.64. The van der Waals surface area contributed by atoms with E-state index in [1.54, 1.807) is 18.2 Å². The number of H-pyrrole nitrogens is 1. The zero-order valence-electron chi connectivity index (χ0n) is 18.2. The van der Waals surface area contributed by atoms with Crippen molar-refractivity contribution in [1.82, 2.24) is 14.9 Å². The van der Waals surface area contributed by atoms with Crippen LogP contribution in [0.25, 0.3) is 10.8 Å². The van der Waals surface area contributed by atoms with Crippen LogP contribution in [-0.4, -0.2) is 25.2 Å². The molecule has 2 atom stereocenters. The van der Waals surface area contributed by atoms with E-state index >= 15 is 0 Å². The molecule has 0 bridgehead atoms. The fraction of sp³-hybridized carbons (Fsp3) is 0.280. The monoisotopic (exact) mass is 463 g/mol. The number of hydrogen-bond acceptors (Lipinski definition) is 5. The van der Waals surface area contributed by atoms with Gasteiger partial charge in [-0.15, -0.1) is 5.10 Å². The molecule has 5 rings (SSSR count). The first kappa shape index (κ1) is 21.6. The Balaban J connectivity index is 1.48. The molecule has 0 fully saturated rings. The van der Waals surface area contributed by atoms with Crippen LogP contribution in [0, 0.1) is 0 Å². The minimum atomic E-state index is -3.82. The van der Waals surface area contributed by atoms with E-state index in [2.05, 4.69) is 27.1 Å². The lowest BCUT2D eigenvalue weighted by Crippen LogP contribution is -2.31. The van der Waals surface area contributed by atoms with Crippen LogP contribution in [0.5, 0.6) is 0 Å². The third-order valence-corrected chi connectivity index (χ3v) is 8.06. The largest absolute Gasteiger partial charge is 0.434 e. The molecule has 33 heavy (non-hydrogen) atoms. The molecular formula is C25H25N3O4S. The molecule has 0 saturated carbocycles. The van der Waals surface area contributed by atoms with Gasteiger partial charge in [0.2, 0.25) is 15.9 Å². The van der Waals surface area contributed by atoms with Crippen LogP contribution in [0.1, 0.15) is 47.8 Å². The number of hydrogen-bond donors (Lipinski definition) is 2. The zero-order chi connectivity index (χ0) is 23.0. The van der Waals surface area contributed by atoms with Crippen molar-refractivity contribution in [2.24, 2.45) is 0 Å². The van der Waals surface area contributed by atoms with Crippen molar-refractivity contribution in [3.63, 3.8) is 0 Å². The van der Waals surface area contributed by atoms with Gasteiger partial charge in [-0.2, -0.15) is 0 Å². The van der Waals surface area contributed by atoms with Crippen molar-refractivity contribution >= 4 is 20.8 Å². The Hall–Kier alpha value is -3.23. The lowest BCUT2D eigenvalue weighted by Gasteiger charge is -2.24. The van der Waals surface area contributed by atoms with Crippen molar-refractivity contribution in [1.29, 1.82) is 0 Å². The summed E-state index contributed by atoms with van der Waals surface area (Å²) in [7, 11) is -3.82. The first-order chi connectivity index (χ1) is 15.9. The predicted molar refractivity (Wildman–Crippen MR) is 126 cm³/mol. The smallest absolute Gasteiger partial charge is 0.392 e. The zero-order valence-corrected chi connectivity index (χ0v) is 19.1. The fourth-order valence-corrected chi connectivity index (χ4v) is 6.17. The maximum atomic E-state index is 13.3. The number of aromatic amines is 1. The molecule has 0 unspecified atom stereocenters. The molecule has 0 amide bonds.